The maximum absolute atomic E-state index is 12.5. The van der Waals surface area contributed by atoms with Gasteiger partial charge in [-0.2, -0.15) is 0 Å². The van der Waals surface area contributed by atoms with Gasteiger partial charge in [0.1, 0.15) is 12.0 Å². The Morgan fingerprint density at radius 3 is 2.44 bits per heavy atom. The van der Waals surface area contributed by atoms with Crippen LogP contribution in [0.5, 0.6) is 5.75 Å². The first-order valence-corrected chi connectivity index (χ1v) is 4.94. The Morgan fingerprint density at radius 1 is 1.28 bits per heavy atom. The van der Waals surface area contributed by atoms with E-state index >= 15 is 0 Å². The van der Waals surface area contributed by atoms with Crippen LogP contribution in [0.3, 0.4) is 0 Å². The zero-order chi connectivity index (χ0) is 13.8. The van der Waals surface area contributed by atoms with Gasteiger partial charge in [-0.1, -0.05) is 6.07 Å². The first-order valence-electron chi connectivity index (χ1n) is 4.94. The van der Waals surface area contributed by atoms with Gasteiger partial charge in [-0.15, -0.1) is 13.2 Å². The van der Waals surface area contributed by atoms with Crippen molar-refractivity contribution in [2.45, 2.75) is 25.6 Å². The highest BCUT2D eigenvalue weighted by Crippen LogP contribution is 2.33. The number of hydrogen-bond acceptors (Lipinski definition) is 2. The summed E-state index contributed by atoms with van der Waals surface area (Å²) in [4.78, 5) is 10.1. The number of rotatable bonds is 5. The van der Waals surface area contributed by atoms with E-state index in [0.29, 0.717) is 11.8 Å². The molecule has 1 rings (SSSR count). The van der Waals surface area contributed by atoms with Gasteiger partial charge in [0.2, 0.25) is 0 Å². The largest absolute Gasteiger partial charge is 0.573 e. The molecule has 7 heteroatoms. The lowest BCUT2D eigenvalue weighted by Gasteiger charge is -2.14. The lowest BCUT2D eigenvalue weighted by Crippen LogP contribution is -2.18. The van der Waals surface area contributed by atoms with E-state index in [2.05, 4.69) is 4.74 Å². The van der Waals surface area contributed by atoms with Crippen molar-refractivity contribution in [1.29, 1.82) is 0 Å². The molecule has 0 unspecified atom stereocenters. The van der Waals surface area contributed by atoms with Crippen LogP contribution in [0.4, 0.5) is 22.0 Å². The van der Waals surface area contributed by atoms with Gasteiger partial charge in [-0.25, -0.2) is 8.78 Å². The average molecular weight is 268 g/mol. The molecule has 0 amide bonds. The van der Waals surface area contributed by atoms with E-state index in [9.17, 15) is 26.7 Å². The molecule has 1 aromatic rings. The third kappa shape index (κ3) is 4.31. The highest BCUT2D eigenvalue weighted by Gasteiger charge is 2.33. The van der Waals surface area contributed by atoms with Gasteiger partial charge in [0.05, 0.1) is 5.56 Å². The summed E-state index contributed by atoms with van der Waals surface area (Å²) >= 11 is 0. The quantitative estimate of drug-likeness (QED) is 0.601. The van der Waals surface area contributed by atoms with Crippen LogP contribution < -0.4 is 4.74 Å². The number of halogens is 5. The summed E-state index contributed by atoms with van der Waals surface area (Å²) in [5.74, 6) is -0.930. The Balaban J connectivity index is 3.03. The van der Waals surface area contributed by atoms with Crippen LogP contribution in [0.25, 0.3) is 0 Å². The molecule has 100 valence electrons. The van der Waals surface area contributed by atoms with Crippen LogP contribution in [-0.2, 0) is 11.2 Å². The minimum atomic E-state index is -5.03. The molecule has 0 saturated carbocycles. The van der Waals surface area contributed by atoms with E-state index in [-0.39, 0.29) is 12.8 Å². The van der Waals surface area contributed by atoms with Crippen LogP contribution in [0, 0.1) is 0 Å². The Labute approximate surface area is 99.4 Å². The third-order valence-corrected chi connectivity index (χ3v) is 2.09. The van der Waals surface area contributed by atoms with Crippen LogP contribution in [0.2, 0.25) is 0 Å². The van der Waals surface area contributed by atoms with Crippen molar-refractivity contribution in [1.82, 2.24) is 0 Å². The van der Waals surface area contributed by atoms with Crippen molar-refractivity contribution in [3.63, 3.8) is 0 Å². The molecule has 0 heterocycles. The molecule has 1 aromatic carbocycles. The summed E-state index contributed by atoms with van der Waals surface area (Å²) in [5, 5.41) is 0. The van der Waals surface area contributed by atoms with Crippen molar-refractivity contribution in [3.05, 3.63) is 29.3 Å². The number of hydrogen-bond donors (Lipinski definition) is 0. The second-order valence-corrected chi connectivity index (χ2v) is 3.43. The van der Waals surface area contributed by atoms with Gasteiger partial charge in [0.25, 0.3) is 6.43 Å². The maximum Gasteiger partial charge on any atom is 0.573 e. The smallest absolute Gasteiger partial charge is 0.405 e. The molecule has 0 N–H and O–H groups in total. The Bertz CT molecular complexity index is 414. The molecule has 2 nitrogen and oxygen atoms in total. The monoisotopic (exact) mass is 268 g/mol. The van der Waals surface area contributed by atoms with Crippen LogP contribution in [0.15, 0.2) is 18.2 Å². The van der Waals surface area contributed by atoms with E-state index in [1.807, 2.05) is 0 Å². The second kappa shape index (κ2) is 5.79. The minimum Gasteiger partial charge on any atom is -0.405 e. The predicted octanol–water partition coefficient (Wildman–Crippen LogP) is 3.65. The summed E-state index contributed by atoms with van der Waals surface area (Å²) in [6.45, 7) is 0. The molecule has 0 aliphatic heterocycles. The van der Waals surface area contributed by atoms with Crippen molar-refractivity contribution in [2.75, 3.05) is 0 Å². The maximum atomic E-state index is 12.5. The fourth-order valence-electron chi connectivity index (χ4n) is 1.35. The fourth-order valence-corrected chi connectivity index (χ4v) is 1.35. The molecular formula is C11H9F5O2. The van der Waals surface area contributed by atoms with Crippen molar-refractivity contribution < 1.29 is 31.5 Å². The van der Waals surface area contributed by atoms with E-state index in [1.165, 1.54) is 6.07 Å². The van der Waals surface area contributed by atoms with Crippen LogP contribution in [-0.4, -0.2) is 12.6 Å². The number of benzene rings is 1. The Morgan fingerprint density at radius 2 is 1.94 bits per heavy atom. The van der Waals surface area contributed by atoms with E-state index in [0.717, 1.165) is 12.1 Å². The molecule has 0 bridgehead atoms. The standard InChI is InChI=1S/C11H9F5O2/c12-10(13)8-4-3-7(2-1-5-17)6-9(8)18-11(14,15)16/h3-6,10H,1-2H2. The number of aldehydes is 1. The molecule has 0 spiro atoms. The third-order valence-electron chi connectivity index (χ3n) is 2.09. The van der Waals surface area contributed by atoms with Crippen molar-refractivity contribution in [3.8, 4) is 5.75 Å². The number of aryl methyl sites for hydroxylation is 1. The Kier molecular flexibility index (Phi) is 4.63. The Hall–Kier alpha value is -1.66. The fraction of sp³-hybridized carbons (Fsp3) is 0.364. The van der Waals surface area contributed by atoms with Crippen LogP contribution in [0.1, 0.15) is 24.0 Å². The predicted molar refractivity (Wildman–Crippen MR) is 52.5 cm³/mol. The zero-order valence-electron chi connectivity index (χ0n) is 9.01. The van der Waals surface area contributed by atoms with Gasteiger partial charge >= 0.3 is 6.36 Å². The molecular weight excluding hydrogens is 259 g/mol. The summed E-state index contributed by atoms with van der Waals surface area (Å²) in [6.07, 6.45) is -7.25. The zero-order valence-corrected chi connectivity index (χ0v) is 9.01. The highest BCUT2D eigenvalue weighted by molar-refractivity contribution is 5.50. The van der Waals surface area contributed by atoms with Gasteiger partial charge < -0.3 is 9.53 Å². The van der Waals surface area contributed by atoms with Crippen LogP contribution >= 0.6 is 0 Å². The molecule has 0 aliphatic rings. The normalized spacial score (nSPS) is 11.7. The van der Waals surface area contributed by atoms with Crippen molar-refractivity contribution in [2.24, 2.45) is 0 Å². The second-order valence-electron chi connectivity index (χ2n) is 3.43. The number of carbonyl (C=O) groups excluding carboxylic acids is 1. The first-order chi connectivity index (χ1) is 8.33. The molecule has 0 radical (unpaired) electrons. The number of ether oxygens (including phenoxy) is 1. The molecule has 0 atom stereocenters. The lowest BCUT2D eigenvalue weighted by atomic mass is 10.1. The molecule has 18 heavy (non-hydrogen) atoms. The summed E-state index contributed by atoms with van der Waals surface area (Å²) in [5.41, 5.74) is -0.507. The van der Waals surface area contributed by atoms with Crippen molar-refractivity contribution >= 4 is 6.29 Å². The summed E-state index contributed by atoms with van der Waals surface area (Å²) in [7, 11) is 0. The van der Waals surface area contributed by atoms with E-state index in [4.69, 9.17) is 0 Å². The average Bonchev–Trinajstić information content (AvgIpc) is 2.23. The minimum absolute atomic E-state index is 0.0967. The molecule has 0 saturated heterocycles. The topological polar surface area (TPSA) is 26.3 Å². The molecule has 0 aliphatic carbocycles. The molecule has 0 fully saturated rings. The SMILES string of the molecule is O=CCCc1ccc(C(F)F)c(OC(F)(F)F)c1. The molecule has 0 aromatic heterocycles. The van der Waals surface area contributed by atoms with Gasteiger partial charge in [-0.05, 0) is 24.1 Å². The van der Waals surface area contributed by atoms with Gasteiger partial charge in [-0.3, -0.25) is 0 Å². The number of alkyl halides is 5. The lowest BCUT2D eigenvalue weighted by molar-refractivity contribution is -0.275. The van der Waals surface area contributed by atoms with E-state index < -0.39 is 24.1 Å². The highest BCUT2D eigenvalue weighted by atomic mass is 19.4. The van der Waals surface area contributed by atoms with E-state index in [1.54, 1.807) is 0 Å². The first kappa shape index (κ1) is 14.4. The van der Waals surface area contributed by atoms with Gasteiger partial charge in [0, 0.05) is 6.42 Å². The summed E-state index contributed by atoms with van der Waals surface area (Å²) in [6, 6.07) is 2.98. The summed E-state index contributed by atoms with van der Waals surface area (Å²) < 4.78 is 64.6. The number of carbonyl (C=O) groups is 1. The van der Waals surface area contributed by atoms with Gasteiger partial charge in [0.15, 0.2) is 0 Å².